The molecule has 1 aliphatic rings. The van der Waals surface area contributed by atoms with Crippen molar-refractivity contribution in [3.63, 3.8) is 0 Å². The predicted octanol–water partition coefficient (Wildman–Crippen LogP) is 10.6. The number of aromatic nitrogens is 3. The van der Waals surface area contributed by atoms with Gasteiger partial charge in [0, 0.05) is 40.2 Å². The quantitative estimate of drug-likeness (QED) is 0.172. The maximum atomic E-state index is 2.41. The Kier molecular flexibility index (Phi) is 5.90. The molecule has 4 nitrogen and oxygen atoms in total. The van der Waals surface area contributed by atoms with Crippen LogP contribution in [0.4, 0.5) is 11.5 Å². The lowest BCUT2D eigenvalue weighted by Crippen LogP contribution is -2.07. The zero-order valence-corrected chi connectivity index (χ0v) is 26.2. The molecule has 4 heterocycles. The number of hydrogen-bond donors (Lipinski definition) is 0. The van der Waals surface area contributed by atoms with Crippen molar-refractivity contribution >= 4 is 50.6 Å². The molecule has 48 heavy (non-hydrogen) atoms. The van der Waals surface area contributed by atoms with Crippen LogP contribution in [0.2, 0.25) is 0 Å². The molecule has 10 rings (SSSR count). The Morgan fingerprint density at radius 1 is 0.438 bits per heavy atom. The van der Waals surface area contributed by atoms with Gasteiger partial charge in [-0.15, -0.1) is 0 Å². The van der Waals surface area contributed by atoms with Crippen LogP contribution >= 0.6 is 0 Å². The van der Waals surface area contributed by atoms with Gasteiger partial charge >= 0.3 is 0 Å². The van der Waals surface area contributed by atoms with Crippen LogP contribution in [-0.2, 0) is 6.42 Å². The van der Waals surface area contributed by atoms with Crippen LogP contribution in [0.15, 0.2) is 170 Å². The lowest BCUT2D eigenvalue weighted by molar-refractivity contribution is 0.982. The zero-order chi connectivity index (χ0) is 31.6. The highest BCUT2D eigenvalue weighted by Crippen LogP contribution is 2.40. The summed E-state index contributed by atoms with van der Waals surface area (Å²) in [5.74, 6) is 1.23. The number of para-hydroxylation sites is 4. The van der Waals surface area contributed by atoms with Gasteiger partial charge < -0.3 is 4.57 Å². The Morgan fingerprint density at radius 2 is 1.00 bits per heavy atom. The Hall–Kier alpha value is -6.39. The van der Waals surface area contributed by atoms with E-state index < -0.39 is 0 Å². The van der Waals surface area contributed by atoms with E-state index in [0.29, 0.717) is 0 Å². The monoisotopic (exact) mass is 615 g/mol. The van der Waals surface area contributed by atoms with Crippen LogP contribution in [0.1, 0.15) is 5.56 Å². The Morgan fingerprint density at radius 3 is 1.69 bits per heavy atom. The SMILES string of the molecule is C1=[N+](c2ccccc2)c2c(c3ccccc3n2-c2ccc(-c3ccc(-n4c5ccccc5c5ccn(-c6ccccc6)c54)cc3)cc2)C1. The molecular formula is C44H31N4+. The molecule has 9 aromatic rings. The summed E-state index contributed by atoms with van der Waals surface area (Å²) < 4.78 is 9.44. The fraction of sp³-hybridized carbons (Fsp3) is 0.0227. The number of benzene rings is 6. The van der Waals surface area contributed by atoms with E-state index >= 15 is 0 Å². The van der Waals surface area contributed by atoms with E-state index in [0.717, 1.165) is 23.5 Å². The minimum Gasteiger partial charge on any atom is -0.302 e. The Bertz CT molecular complexity index is 2650. The summed E-state index contributed by atoms with van der Waals surface area (Å²) in [5.41, 5.74) is 12.0. The maximum absolute atomic E-state index is 2.41. The van der Waals surface area contributed by atoms with Crippen LogP contribution in [0, 0.1) is 0 Å². The summed E-state index contributed by atoms with van der Waals surface area (Å²) in [6, 6.07) is 58.9. The van der Waals surface area contributed by atoms with Gasteiger partial charge in [-0.1, -0.05) is 97.1 Å². The Balaban J connectivity index is 1.05. The van der Waals surface area contributed by atoms with Crippen molar-refractivity contribution in [2.24, 2.45) is 0 Å². The molecule has 6 aromatic carbocycles. The molecule has 0 bridgehead atoms. The molecule has 4 heteroatoms. The van der Waals surface area contributed by atoms with E-state index in [1.54, 1.807) is 0 Å². The van der Waals surface area contributed by atoms with E-state index in [9.17, 15) is 0 Å². The smallest absolute Gasteiger partial charge is 0.296 e. The molecule has 0 saturated heterocycles. The molecule has 226 valence electrons. The second-order valence-electron chi connectivity index (χ2n) is 12.5. The van der Waals surface area contributed by atoms with Crippen molar-refractivity contribution in [3.8, 4) is 28.2 Å². The summed E-state index contributed by atoms with van der Waals surface area (Å²) in [4.78, 5) is 0. The maximum Gasteiger partial charge on any atom is 0.296 e. The molecule has 0 spiro atoms. The fourth-order valence-electron chi connectivity index (χ4n) is 7.63. The third kappa shape index (κ3) is 3.99. The van der Waals surface area contributed by atoms with Crippen molar-refractivity contribution < 1.29 is 0 Å². The summed E-state index contributed by atoms with van der Waals surface area (Å²) in [6.07, 6.45) is 5.40. The highest BCUT2D eigenvalue weighted by molar-refractivity contribution is 6.09. The first kappa shape index (κ1) is 26.8. The van der Waals surface area contributed by atoms with Gasteiger partial charge in [-0.05, 0) is 77.9 Å². The van der Waals surface area contributed by atoms with E-state index in [-0.39, 0.29) is 0 Å². The van der Waals surface area contributed by atoms with E-state index in [2.05, 4.69) is 194 Å². The molecule has 0 atom stereocenters. The van der Waals surface area contributed by atoms with Crippen molar-refractivity contribution in [2.45, 2.75) is 6.42 Å². The number of hydrogen-bond acceptors (Lipinski definition) is 0. The minimum atomic E-state index is 0.918. The molecule has 0 radical (unpaired) electrons. The third-order valence-corrected chi connectivity index (χ3v) is 9.82. The molecular weight excluding hydrogens is 585 g/mol. The number of fused-ring (bicyclic) bond motifs is 6. The third-order valence-electron chi connectivity index (χ3n) is 9.82. The van der Waals surface area contributed by atoms with Crippen LogP contribution in [0.3, 0.4) is 0 Å². The van der Waals surface area contributed by atoms with Crippen LogP contribution in [0.25, 0.3) is 61.0 Å². The molecule has 0 unspecified atom stereocenters. The second kappa shape index (κ2) is 10.6. The average molecular weight is 616 g/mol. The zero-order valence-electron chi connectivity index (χ0n) is 26.2. The van der Waals surface area contributed by atoms with E-state index in [1.807, 2.05) is 0 Å². The van der Waals surface area contributed by atoms with Gasteiger partial charge in [-0.2, -0.15) is 4.57 Å². The van der Waals surface area contributed by atoms with Crippen molar-refractivity contribution in [3.05, 3.63) is 176 Å². The molecule has 0 amide bonds. The molecule has 0 saturated carbocycles. The normalized spacial score (nSPS) is 12.6. The first-order chi connectivity index (χ1) is 23.8. The van der Waals surface area contributed by atoms with Gasteiger partial charge in [-0.25, -0.2) is 4.58 Å². The summed E-state index contributed by atoms with van der Waals surface area (Å²) in [7, 11) is 0. The van der Waals surface area contributed by atoms with Gasteiger partial charge in [0.2, 0.25) is 0 Å². The lowest BCUT2D eigenvalue weighted by atomic mass is 10.0. The first-order valence-corrected chi connectivity index (χ1v) is 16.5. The van der Waals surface area contributed by atoms with Gasteiger partial charge in [0.15, 0.2) is 0 Å². The largest absolute Gasteiger partial charge is 0.302 e. The lowest BCUT2D eigenvalue weighted by Gasteiger charge is -2.12. The minimum absolute atomic E-state index is 0.918. The number of rotatable bonds is 5. The highest BCUT2D eigenvalue weighted by Gasteiger charge is 2.32. The van der Waals surface area contributed by atoms with Crippen LogP contribution < -0.4 is 4.58 Å². The van der Waals surface area contributed by atoms with Crippen LogP contribution in [0.5, 0.6) is 0 Å². The van der Waals surface area contributed by atoms with Gasteiger partial charge in [0.1, 0.15) is 22.5 Å². The molecule has 3 aromatic heterocycles. The van der Waals surface area contributed by atoms with Gasteiger partial charge in [0.25, 0.3) is 5.82 Å². The summed E-state index contributed by atoms with van der Waals surface area (Å²) >= 11 is 0. The van der Waals surface area contributed by atoms with Crippen molar-refractivity contribution in [1.82, 2.24) is 18.3 Å². The summed E-state index contributed by atoms with van der Waals surface area (Å²) in [6.45, 7) is 0. The second-order valence-corrected chi connectivity index (χ2v) is 12.5. The van der Waals surface area contributed by atoms with Crippen molar-refractivity contribution in [2.75, 3.05) is 0 Å². The fourth-order valence-corrected chi connectivity index (χ4v) is 7.63. The molecule has 0 aliphatic carbocycles. The van der Waals surface area contributed by atoms with Crippen molar-refractivity contribution in [1.29, 1.82) is 0 Å². The average Bonchev–Trinajstić information content (AvgIpc) is 3.93. The Labute approximate surface area is 278 Å². The van der Waals surface area contributed by atoms with Gasteiger partial charge in [-0.3, -0.25) is 4.57 Å². The standard InChI is InChI=1S/C44H31N4/c1-3-11-33(12-4-1)45-29-27-39-37-15-7-9-17-41(37)47(43(39)45)35-23-19-31(20-24-35)32-21-25-36(26-22-32)48-42-18-10-8-16-38(42)40-28-30-46(44(40)48)34-13-5-2-6-14-34/h1-27,29-30H,28H2/q+1. The topological polar surface area (TPSA) is 17.8 Å². The van der Waals surface area contributed by atoms with E-state index in [4.69, 9.17) is 0 Å². The first-order valence-electron chi connectivity index (χ1n) is 16.5. The molecule has 0 fully saturated rings. The summed E-state index contributed by atoms with van der Waals surface area (Å²) in [5, 5.41) is 3.82. The molecule has 0 N–H and O–H groups in total. The highest BCUT2D eigenvalue weighted by atomic mass is 15.2. The van der Waals surface area contributed by atoms with Crippen LogP contribution in [-0.4, -0.2) is 19.9 Å². The molecule has 1 aliphatic heterocycles. The predicted molar refractivity (Wildman–Crippen MR) is 200 cm³/mol. The van der Waals surface area contributed by atoms with E-state index in [1.165, 1.54) is 61.0 Å². The number of nitrogens with zero attached hydrogens (tertiary/aromatic N) is 4. The van der Waals surface area contributed by atoms with Gasteiger partial charge in [0.05, 0.1) is 17.3 Å².